The molecule has 0 saturated carbocycles. The minimum absolute atomic E-state index is 0.156. The lowest BCUT2D eigenvalue weighted by Gasteiger charge is -2.33. The maximum atomic E-state index is 12.3. The summed E-state index contributed by atoms with van der Waals surface area (Å²) < 4.78 is 5.26. The number of hydrogen-bond donors (Lipinski definition) is 1. The number of likely N-dealkylation sites (tertiary alicyclic amines) is 1. The standard InChI is InChI=1S/C18H25N3O2/c1-2-23-18(22)21-8-5-13-11-17(21)16-12-14(3-4-15(13)16)20-9-6-19-7-10-20/h3-4,12-13,17,19H,2,5-11H2,1H3. The fourth-order valence-electron chi connectivity index (χ4n) is 4.31. The van der Waals surface area contributed by atoms with Gasteiger partial charge < -0.3 is 19.9 Å². The number of benzene rings is 1. The fourth-order valence-corrected chi connectivity index (χ4v) is 4.31. The van der Waals surface area contributed by atoms with Crippen molar-refractivity contribution < 1.29 is 9.53 Å². The number of amides is 1. The number of ether oxygens (including phenoxy) is 1. The number of nitrogens with zero attached hydrogens (tertiary/aromatic N) is 2. The predicted octanol–water partition coefficient (Wildman–Crippen LogP) is 2.49. The van der Waals surface area contributed by atoms with E-state index < -0.39 is 0 Å². The summed E-state index contributed by atoms with van der Waals surface area (Å²) in [7, 11) is 0. The third-order valence-corrected chi connectivity index (χ3v) is 5.46. The van der Waals surface area contributed by atoms with Gasteiger partial charge in [-0.25, -0.2) is 4.79 Å². The molecule has 1 amide bonds. The van der Waals surface area contributed by atoms with Crippen molar-refractivity contribution in [3.05, 3.63) is 29.3 Å². The number of hydrogen-bond acceptors (Lipinski definition) is 4. The minimum atomic E-state index is -0.156. The van der Waals surface area contributed by atoms with Crippen LogP contribution in [-0.4, -0.2) is 50.3 Å². The van der Waals surface area contributed by atoms with Crippen LogP contribution in [0.25, 0.3) is 0 Å². The Morgan fingerprint density at radius 1 is 1.26 bits per heavy atom. The van der Waals surface area contributed by atoms with Crippen molar-refractivity contribution >= 4 is 11.8 Å². The Morgan fingerprint density at radius 2 is 2.09 bits per heavy atom. The van der Waals surface area contributed by atoms with Crippen molar-refractivity contribution in [2.24, 2.45) is 0 Å². The highest BCUT2D eigenvalue weighted by Crippen LogP contribution is 2.49. The molecule has 2 aliphatic heterocycles. The number of carbonyl (C=O) groups is 1. The zero-order valence-corrected chi connectivity index (χ0v) is 13.8. The fraction of sp³-hybridized carbons (Fsp3) is 0.611. The molecule has 2 saturated heterocycles. The molecule has 23 heavy (non-hydrogen) atoms. The summed E-state index contributed by atoms with van der Waals surface area (Å²) in [4.78, 5) is 16.6. The average molecular weight is 315 g/mol. The van der Waals surface area contributed by atoms with Crippen LogP contribution in [0.1, 0.15) is 42.9 Å². The summed E-state index contributed by atoms with van der Waals surface area (Å²) in [5, 5.41) is 3.40. The second-order valence-corrected chi connectivity index (χ2v) is 6.68. The van der Waals surface area contributed by atoms with Crippen LogP contribution in [0.3, 0.4) is 0 Å². The second kappa shape index (κ2) is 6.04. The highest BCUT2D eigenvalue weighted by atomic mass is 16.6. The molecule has 3 aliphatic rings. The molecular weight excluding hydrogens is 290 g/mol. The molecule has 1 aromatic rings. The van der Waals surface area contributed by atoms with Gasteiger partial charge in [0.2, 0.25) is 0 Å². The van der Waals surface area contributed by atoms with Crippen molar-refractivity contribution in [3.63, 3.8) is 0 Å². The summed E-state index contributed by atoms with van der Waals surface area (Å²) >= 11 is 0. The first-order valence-corrected chi connectivity index (χ1v) is 8.81. The van der Waals surface area contributed by atoms with E-state index in [1.54, 1.807) is 0 Å². The lowest BCUT2D eigenvalue weighted by molar-refractivity contribution is 0.0783. The maximum Gasteiger partial charge on any atom is 0.410 e. The molecule has 0 radical (unpaired) electrons. The van der Waals surface area contributed by atoms with Crippen LogP contribution in [0, 0.1) is 0 Å². The van der Waals surface area contributed by atoms with Gasteiger partial charge in [-0.3, -0.25) is 0 Å². The van der Waals surface area contributed by atoms with E-state index in [0.717, 1.165) is 45.6 Å². The Balaban J connectivity index is 1.63. The first kappa shape index (κ1) is 14.8. The smallest absolute Gasteiger partial charge is 0.410 e. The molecule has 2 heterocycles. The molecule has 4 rings (SSSR count). The highest BCUT2D eigenvalue weighted by Gasteiger charge is 2.41. The molecule has 2 fully saturated rings. The van der Waals surface area contributed by atoms with Gasteiger partial charge in [0.25, 0.3) is 0 Å². The molecule has 2 bridgehead atoms. The Kier molecular flexibility index (Phi) is 3.89. The van der Waals surface area contributed by atoms with Crippen molar-refractivity contribution in [1.29, 1.82) is 0 Å². The van der Waals surface area contributed by atoms with Crippen LogP contribution in [0.2, 0.25) is 0 Å². The van der Waals surface area contributed by atoms with Crippen molar-refractivity contribution in [3.8, 4) is 0 Å². The van der Waals surface area contributed by atoms with Crippen LogP contribution in [0.15, 0.2) is 18.2 Å². The van der Waals surface area contributed by atoms with Gasteiger partial charge in [-0.05, 0) is 48.9 Å². The molecule has 1 aromatic carbocycles. The van der Waals surface area contributed by atoms with E-state index >= 15 is 0 Å². The molecular formula is C18H25N3O2. The molecule has 2 atom stereocenters. The second-order valence-electron chi connectivity index (χ2n) is 6.68. The monoisotopic (exact) mass is 315 g/mol. The lowest BCUT2D eigenvalue weighted by atomic mass is 9.96. The lowest BCUT2D eigenvalue weighted by Crippen LogP contribution is -2.43. The molecule has 0 aromatic heterocycles. The van der Waals surface area contributed by atoms with Crippen LogP contribution in [-0.2, 0) is 4.74 Å². The Bertz CT molecular complexity index is 598. The molecule has 124 valence electrons. The summed E-state index contributed by atoms with van der Waals surface area (Å²) in [6, 6.07) is 7.08. The van der Waals surface area contributed by atoms with E-state index in [9.17, 15) is 4.79 Å². The molecule has 1 N–H and O–H groups in total. The zero-order valence-electron chi connectivity index (χ0n) is 13.8. The summed E-state index contributed by atoms with van der Waals surface area (Å²) in [5.41, 5.74) is 4.08. The number of anilines is 1. The Labute approximate surface area is 137 Å². The number of rotatable bonds is 2. The Morgan fingerprint density at radius 3 is 2.87 bits per heavy atom. The van der Waals surface area contributed by atoms with Gasteiger partial charge in [0, 0.05) is 38.4 Å². The van der Waals surface area contributed by atoms with E-state index in [1.165, 1.54) is 16.8 Å². The third-order valence-electron chi connectivity index (χ3n) is 5.46. The molecule has 2 unspecified atom stereocenters. The molecule has 1 aliphatic carbocycles. The van der Waals surface area contributed by atoms with Crippen molar-refractivity contribution in [1.82, 2.24) is 10.2 Å². The topological polar surface area (TPSA) is 44.8 Å². The average Bonchev–Trinajstić information content (AvgIpc) is 2.88. The first-order chi connectivity index (χ1) is 11.3. The minimum Gasteiger partial charge on any atom is -0.450 e. The van der Waals surface area contributed by atoms with E-state index in [1.807, 2.05) is 11.8 Å². The zero-order chi connectivity index (χ0) is 15.8. The van der Waals surface area contributed by atoms with E-state index in [2.05, 4.69) is 28.4 Å². The van der Waals surface area contributed by atoms with Crippen LogP contribution < -0.4 is 10.2 Å². The number of piperidine rings is 1. The first-order valence-electron chi connectivity index (χ1n) is 8.81. The highest BCUT2D eigenvalue weighted by molar-refractivity contribution is 5.70. The quantitative estimate of drug-likeness (QED) is 0.911. The molecule has 0 spiro atoms. The van der Waals surface area contributed by atoms with E-state index in [0.29, 0.717) is 12.5 Å². The van der Waals surface area contributed by atoms with Crippen LogP contribution in [0.4, 0.5) is 10.5 Å². The molecule has 5 heteroatoms. The van der Waals surface area contributed by atoms with Gasteiger partial charge in [0.1, 0.15) is 0 Å². The van der Waals surface area contributed by atoms with Gasteiger partial charge in [0.05, 0.1) is 12.6 Å². The van der Waals surface area contributed by atoms with Gasteiger partial charge >= 0.3 is 6.09 Å². The summed E-state index contributed by atoms with van der Waals surface area (Å²) in [5.74, 6) is 0.609. The van der Waals surface area contributed by atoms with Gasteiger partial charge in [0.15, 0.2) is 0 Å². The molecule has 5 nitrogen and oxygen atoms in total. The Hall–Kier alpha value is -1.75. The van der Waals surface area contributed by atoms with Gasteiger partial charge in [-0.1, -0.05) is 6.07 Å². The summed E-state index contributed by atoms with van der Waals surface area (Å²) in [6.07, 6.45) is 1.95. The van der Waals surface area contributed by atoms with E-state index in [4.69, 9.17) is 4.74 Å². The number of fused-ring (bicyclic) bond motifs is 5. The normalized spacial score (nSPS) is 26.1. The number of piperazine rings is 1. The SMILES string of the molecule is CCOC(=O)N1CCC2CC1c1cc(N3CCNCC3)ccc12. The van der Waals surface area contributed by atoms with E-state index in [-0.39, 0.29) is 12.1 Å². The predicted molar refractivity (Wildman–Crippen MR) is 90.0 cm³/mol. The number of nitrogens with one attached hydrogen (secondary N) is 1. The number of carbonyl (C=O) groups excluding carboxylic acids is 1. The van der Waals surface area contributed by atoms with Gasteiger partial charge in [-0.15, -0.1) is 0 Å². The van der Waals surface area contributed by atoms with Crippen molar-refractivity contribution in [2.45, 2.75) is 31.7 Å². The van der Waals surface area contributed by atoms with Gasteiger partial charge in [-0.2, -0.15) is 0 Å². The van der Waals surface area contributed by atoms with Crippen molar-refractivity contribution in [2.75, 3.05) is 44.2 Å². The third kappa shape index (κ3) is 2.57. The largest absolute Gasteiger partial charge is 0.450 e. The maximum absolute atomic E-state index is 12.3. The van der Waals surface area contributed by atoms with Crippen LogP contribution in [0.5, 0.6) is 0 Å². The van der Waals surface area contributed by atoms with Crippen LogP contribution >= 0.6 is 0 Å². The summed E-state index contributed by atoms with van der Waals surface area (Å²) in [6.45, 7) is 7.31.